The number of anilines is 1. The average molecular weight is 326 g/mol. The third-order valence-electron chi connectivity index (χ3n) is 2.66. The van der Waals surface area contributed by atoms with E-state index in [1.807, 2.05) is 37.5 Å². The molecule has 0 aliphatic carbocycles. The van der Waals surface area contributed by atoms with Gasteiger partial charge in [-0.3, -0.25) is 0 Å². The van der Waals surface area contributed by atoms with Gasteiger partial charge in [0.25, 0.3) is 0 Å². The number of nitrogens with zero attached hydrogens (tertiary/aromatic N) is 2. The summed E-state index contributed by atoms with van der Waals surface area (Å²) in [6.45, 7) is 0.826. The Morgan fingerprint density at radius 3 is 2.67 bits per heavy atom. The summed E-state index contributed by atoms with van der Waals surface area (Å²) in [4.78, 5) is 6.51. The minimum Gasteiger partial charge on any atom is -0.355 e. The molecule has 1 aromatic heterocycles. The first-order valence-corrected chi connectivity index (χ1v) is 6.98. The molecular weight excluding hydrogens is 312 g/mol. The van der Waals surface area contributed by atoms with Crippen LogP contribution in [0.25, 0.3) is 0 Å². The second-order valence-corrected chi connectivity index (χ2v) is 5.33. The quantitative estimate of drug-likeness (QED) is 0.782. The van der Waals surface area contributed by atoms with Crippen molar-refractivity contribution in [3.05, 3.63) is 58.2 Å². The second-order valence-electron chi connectivity index (χ2n) is 4.14. The highest BCUT2D eigenvalue weighted by Gasteiger charge is 2.04. The van der Waals surface area contributed by atoms with Crippen LogP contribution in [-0.4, -0.2) is 12.0 Å². The molecule has 0 unspecified atom stereocenters. The van der Waals surface area contributed by atoms with Gasteiger partial charge in [-0.1, -0.05) is 34.1 Å². The molecule has 1 heterocycles. The van der Waals surface area contributed by atoms with Crippen molar-refractivity contribution in [2.24, 2.45) is 0 Å². The largest absolute Gasteiger partial charge is 0.355 e. The Morgan fingerprint density at radius 2 is 2.06 bits per heavy atom. The zero-order chi connectivity index (χ0) is 13.0. The molecule has 0 spiro atoms. The summed E-state index contributed by atoms with van der Waals surface area (Å²) in [6.07, 6.45) is 1.82. The van der Waals surface area contributed by atoms with Gasteiger partial charge in [0.2, 0.25) is 0 Å². The second kappa shape index (κ2) is 6.21. The number of alkyl halides is 1. The maximum atomic E-state index is 5.75. The van der Waals surface area contributed by atoms with Crippen molar-refractivity contribution in [1.29, 1.82) is 0 Å². The summed E-state index contributed by atoms with van der Waals surface area (Å²) in [7, 11) is 2.03. The van der Waals surface area contributed by atoms with Gasteiger partial charge < -0.3 is 4.90 Å². The molecule has 0 saturated heterocycles. The number of rotatable bonds is 4. The van der Waals surface area contributed by atoms with Gasteiger partial charge in [-0.2, -0.15) is 0 Å². The first-order chi connectivity index (χ1) is 8.69. The van der Waals surface area contributed by atoms with Crippen molar-refractivity contribution in [3.8, 4) is 0 Å². The summed E-state index contributed by atoms with van der Waals surface area (Å²) >= 11 is 9.23. The topological polar surface area (TPSA) is 16.1 Å². The minimum absolute atomic E-state index is 0.503. The molecule has 0 amide bonds. The smallest absolute Gasteiger partial charge is 0.128 e. The van der Waals surface area contributed by atoms with Gasteiger partial charge in [0, 0.05) is 30.1 Å². The average Bonchev–Trinajstić information content (AvgIpc) is 2.39. The molecule has 0 fully saturated rings. The van der Waals surface area contributed by atoms with Crippen molar-refractivity contribution in [3.63, 3.8) is 0 Å². The van der Waals surface area contributed by atoms with E-state index in [0.29, 0.717) is 5.88 Å². The Bertz CT molecular complexity index is 513. The van der Waals surface area contributed by atoms with Crippen LogP contribution < -0.4 is 4.90 Å². The first-order valence-electron chi connectivity index (χ1n) is 5.65. The highest BCUT2D eigenvalue weighted by molar-refractivity contribution is 9.10. The van der Waals surface area contributed by atoms with E-state index in [2.05, 4.69) is 37.9 Å². The van der Waals surface area contributed by atoms with Crippen LogP contribution >= 0.6 is 27.5 Å². The lowest BCUT2D eigenvalue weighted by Gasteiger charge is -2.18. The Balaban J connectivity index is 2.09. The molecule has 2 aromatic rings. The molecule has 0 aliphatic heterocycles. The fourth-order valence-corrected chi connectivity index (χ4v) is 2.32. The van der Waals surface area contributed by atoms with Crippen LogP contribution in [0.3, 0.4) is 0 Å². The number of halogens is 2. The highest BCUT2D eigenvalue weighted by atomic mass is 79.9. The maximum Gasteiger partial charge on any atom is 0.128 e. The number of benzene rings is 1. The molecule has 0 aliphatic rings. The lowest BCUT2D eigenvalue weighted by Crippen LogP contribution is -2.17. The maximum absolute atomic E-state index is 5.75. The van der Waals surface area contributed by atoms with E-state index in [0.717, 1.165) is 22.4 Å². The molecule has 0 saturated carbocycles. The lowest BCUT2D eigenvalue weighted by atomic mass is 10.2. The molecule has 0 bridgehead atoms. The molecule has 18 heavy (non-hydrogen) atoms. The van der Waals surface area contributed by atoms with Gasteiger partial charge in [-0.25, -0.2) is 4.98 Å². The van der Waals surface area contributed by atoms with E-state index >= 15 is 0 Å². The normalized spacial score (nSPS) is 10.4. The van der Waals surface area contributed by atoms with Crippen molar-refractivity contribution >= 4 is 33.3 Å². The lowest BCUT2D eigenvalue weighted by molar-refractivity contribution is 0.895. The summed E-state index contributed by atoms with van der Waals surface area (Å²) in [5.41, 5.74) is 2.28. The van der Waals surface area contributed by atoms with Gasteiger partial charge in [0.15, 0.2) is 0 Å². The SMILES string of the molecule is CN(Cc1cccc(Br)c1)c1ccc(CCl)cn1. The van der Waals surface area contributed by atoms with Gasteiger partial charge in [-0.05, 0) is 29.3 Å². The van der Waals surface area contributed by atoms with E-state index in [9.17, 15) is 0 Å². The molecule has 1 aromatic carbocycles. The predicted molar refractivity (Wildman–Crippen MR) is 80.0 cm³/mol. The zero-order valence-electron chi connectivity index (χ0n) is 10.1. The fraction of sp³-hybridized carbons (Fsp3) is 0.214. The van der Waals surface area contributed by atoms with E-state index in [1.54, 1.807) is 0 Å². The fourth-order valence-electron chi connectivity index (χ4n) is 1.71. The minimum atomic E-state index is 0.503. The summed E-state index contributed by atoms with van der Waals surface area (Å²) < 4.78 is 1.10. The molecule has 0 atom stereocenters. The number of hydrogen-bond acceptors (Lipinski definition) is 2. The highest BCUT2D eigenvalue weighted by Crippen LogP contribution is 2.16. The van der Waals surface area contributed by atoms with Crippen LogP contribution in [-0.2, 0) is 12.4 Å². The van der Waals surface area contributed by atoms with E-state index < -0.39 is 0 Å². The van der Waals surface area contributed by atoms with Crippen LogP contribution in [0.4, 0.5) is 5.82 Å². The molecule has 0 N–H and O–H groups in total. The van der Waals surface area contributed by atoms with Crippen molar-refractivity contribution < 1.29 is 0 Å². The molecular formula is C14H14BrClN2. The van der Waals surface area contributed by atoms with Gasteiger partial charge in [0.05, 0.1) is 0 Å². The van der Waals surface area contributed by atoms with Gasteiger partial charge in [-0.15, -0.1) is 11.6 Å². The summed E-state index contributed by atoms with van der Waals surface area (Å²) in [5, 5.41) is 0. The molecule has 0 radical (unpaired) electrons. The number of aromatic nitrogens is 1. The Kier molecular flexibility index (Phi) is 4.61. The molecule has 94 valence electrons. The van der Waals surface area contributed by atoms with Gasteiger partial charge >= 0.3 is 0 Å². The number of hydrogen-bond donors (Lipinski definition) is 0. The predicted octanol–water partition coefficient (Wildman–Crippen LogP) is 4.22. The third-order valence-corrected chi connectivity index (χ3v) is 3.47. The van der Waals surface area contributed by atoms with Gasteiger partial charge in [0.1, 0.15) is 5.82 Å². The van der Waals surface area contributed by atoms with E-state index in [4.69, 9.17) is 11.6 Å². The Hall–Kier alpha value is -1.06. The van der Waals surface area contributed by atoms with Crippen molar-refractivity contribution in [2.45, 2.75) is 12.4 Å². The van der Waals surface area contributed by atoms with E-state index in [1.165, 1.54) is 5.56 Å². The molecule has 4 heteroatoms. The van der Waals surface area contributed by atoms with Crippen LogP contribution in [0, 0.1) is 0 Å². The Morgan fingerprint density at radius 1 is 1.22 bits per heavy atom. The van der Waals surface area contributed by atoms with E-state index in [-0.39, 0.29) is 0 Å². The Labute approximate surface area is 121 Å². The molecule has 2 rings (SSSR count). The zero-order valence-corrected chi connectivity index (χ0v) is 12.4. The third kappa shape index (κ3) is 3.47. The van der Waals surface area contributed by atoms with Crippen LogP contribution in [0.5, 0.6) is 0 Å². The standard InChI is InChI=1S/C14H14BrClN2/c1-18(10-11-3-2-4-13(15)7-11)14-6-5-12(8-16)9-17-14/h2-7,9H,8,10H2,1H3. The van der Waals surface area contributed by atoms with Crippen molar-refractivity contribution in [2.75, 3.05) is 11.9 Å². The summed E-state index contributed by atoms with van der Waals surface area (Å²) in [5.74, 6) is 1.45. The van der Waals surface area contributed by atoms with Crippen molar-refractivity contribution in [1.82, 2.24) is 4.98 Å². The van der Waals surface area contributed by atoms with Crippen LogP contribution in [0.1, 0.15) is 11.1 Å². The first kappa shape index (κ1) is 13.4. The monoisotopic (exact) mass is 324 g/mol. The summed E-state index contributed by atoms with van der Waals surface area (Å²) in [6, 6.07) is 12.3. The number of pyridine rings is 1. The molecule has 2 nitrogen and oxygen atoms in total. The van der Waals surface area contributed by atoms with Crippen LogP contribution in [0.15, 0.2) is 47.1 Å². The van der Waals surface area contributed by atoms with Crippen LogP contribution in [0.2, 0.25) is 0 Å².